The maximum atomic E-state index is 12.8. The van der Waals surface area contributed by atoms with E-state index in [1.165, 1.54) is 0 Å². The minimum absolute atomic E-state index is 0.0502. The summed E-state index contributed by atoms with van der Waals surface area (Å²) >= 11 is 0. The van der Waals surface area contributed by atoms with Gasteiger partial charge in [-0.05, 0) is 65.2 Å². The minimum atomic E-state index is -0.277. The van der Waals surface area contributed by atoms with Crippen molar-refractivity contribution in [1.29, 1.82) is 0 Å². The Morgan fingerprint density at radius 1 is 0.839 bits per heavy atom. The first-order valence-electron chi connectivity index (χ1n) is 10.3. The molecule has 0 aliphatic carbocycles. The van der Waals surface area contributed by atoms with Gasteiger partial charge in [0.25, 0.3) is 0 Å². The second-order valence-corrected chi connectivity index (χ2v) is 7.48. The van der Waals surface area contributed by atoms with E-state index in [1.807, 2.05) is 91.9 Å². The molecule has 4 aromatic carbocycles. The number of methoxy groups -OCH3 is 1. The van der Waals surface area contributed by atoms with Gasteiger partial charge in [-0.3, -0.25) is 4.79 Å². The van der Waals surface area contributed by atoms with Crippen LogP contribution in [0.5, 0.6) is 11.5 Å². The molecule has 4 nitrogen and oxygen atoms in total. The van der Waals surface area contributed by atoms with E-state index in [-0.39, 0.29) is 11.8 Å². The third-order valence-corrected chi connectivity index (χ3v) is 5.33. The predicted octanol–water partition coefficient (Wildman–Crippen LogP) is 6.17. The Hall–Kier alpha value is -3.79. The molecule has 0 fully saturated rings. The highest BCUT2D eigenvalue weighted by molar-refractivity contribution is 5.96. The molecule has 0 saturated heterocycles. The lowest BCUT2D eigenvalue weighted by Gasteiger charge is -2.14. The quantitative estimate of drug-likeness (QED) is 0.396. The van der Waals surface area contributed by atoms with Gasteiger partial charge in [0.05, 0.1) is 13.0 Å². The van der Waals surface area contributed by atoms with E-state index >= 15 is 0 Å². The lowest BCUT2D eigenvalue weighted by Crippen LogP contribution is -2.18. The molecule has 0 spiro atoms. The summed E-state index contributed by atoms with van der Waals surface area (Å²) in [5.41, 5.74) is 2.83. The molecule has 4 aromatic rings. The summed E-state index contributed by atoms with van der Waals surface area (Å²) in [5, 5.41) is 5.16. The van der Waals surface area contributed by atoms with Gasteiger partial charge in [-0.15, -0.1) is 0 Å². The Bertz CT molecular complexity index is 1170. The van der Waals surface area contributed by atoms with Gasteiger partial charge in [-0.1, -0.05) is 54.6 Å². The van der Waals surface area contributed by atoms with Crippen LogP contribution < -0.4 is 14.8 Å². The second-order valence-electron chi connectivity index (χ2n) is 7.48. The van der Waals surface area contributed by atoms with Gasteiger partial charge in [0, 0.05) is 5.69 Å². The Morgan fingerprint density at radius 3 is 2.26 bits per heavy atom. The van der Waals surface area contributed by atoms with Crippen LogP contribution in [0.3, 0.4) is 0 Å². The van der Waals surface area contributed by atoms with Gasteiger partial charge in [0.15, 0.2) is 0 Å². The summed E-state index contributed by atoms with van der Waals surface area (Å²) in [6.45, 7) is 2.43. The highest BCUT2D eigenvalue weighted by atomic mass is 16.5. The maximum Gasteiger partial charge on any atom is 0.231 e. The third kappa shape index (κ3) is 5.04. The summed E-state index contributed by atoms with van der Waals surface area (Å²) in [5.74, 6) is 1.26. The molecule has 0 aliphatic rings. The van der Waals surface area contributed by atoms with Gasteiger partial charge in [-0.25, -0.2) is 0 Å². The van der Waals surface area contributed by atoms with Crippen LogP contribution in [-0.4, -0.2) is 13.0 Å². The number of amides is 1. The molecule has 4 heteroatoms. The van der Waals surface area contributed by atoms with Crippen molar-refractivity contribution in [2.24, 2.45) is 0 Å². The van der Waals surface area contributed by atoms with E-state index < -0.39 is 0 Å². The van der Waals surface area contributed by atoms with E-state index in [4.69, 9.17) is 9.47 Å². The number of carbonyl (C=O) groups excluding carboxylic acids is 1. The van der Waals surface area contributed by atoms with E-state index in [2.05, 4.69) is 11.4 Å². The van der Waals surface area contributed by atoms with Crippen LogP contribution in [0.1, 0.15) is 24.0 Å². The van der Waals surface area contributed by atoms with Crippen molar-refractivity contribution in [2.45, 2.75) is 19.4 Å². The topological polar surface area (TPSA) is 47.6 Å². The molecule has 0 unspecified atom stereocenters. The van der Waals surface area contributed by atoms with E-state index in [9.17, 15) is 4.79 Å². The Labute approximate surface area is 182 Å². The summed E-state index contributed by atoms with van der Waals surface area (Å²) in [6.07, 6.45) is 0. The van der Waals surface area contributed by atoms with E-state index in [0.717, 1.165) is 39.1 Å². The number of ether oxygens (including phenoxy) is 2. The van der Waals surface area contributed by atoms with Crippen LogP contribution in [0, 0.1) is 0 Å². The lowest BCUT2D eigenvalue weighted by atomic mass is 9.97. The molecule has 0 bridgehead atoms. The van der Waals surface area contributed by atoms with Gasteiger partial charge in [-0.2, -0.15) is 0 Å². The van der Waals surface area contributed by atoms with Crippen molar-refractivity contribution in [3.05, 3.63) is 102 Å². The van der Waals surface area contributed by atoms with E-state index in [0.29, 0.717) is 6.61 Å². The molecule has 0 saturated carbocycles. The number of anilines is 1. The Kier molecular flexibility index (Phi) is 6.18. The number of rotatable bonds is 7. The Morgan fingerprint density at radius 2 is 1.52 bits per heavy atom. The average molecular weight is 412 g/mol. The van der Waals surface area contributed by atoms with Gasteiger partial charge >= 0.3 is 0 Å². The fourth-order valence-corrected chi connectivity index (χ4v) is 3.42. The van der Waals surface area contributed by atoms with Crippen molar-refractivity contribution < 1.29 is 14.3 Å². The predicted molar refractivity (Wildman–Crippen MR) is 125 cm³/mol. The zero-order chi connectivity index (χ0) is 21.6. The molecule has 31 heavy (non-hydrogen) atoms. The standard InChI is InChI=1S/C27H25NO3/c1-19(21-8-9-23-17-26(30-2)13-10-22(23)16-21)27(29)28-24-11-14-25(15-12-24)31-18-20-6-4-3-5-7-20/h3-17,19H,18H2,1-2H3,(H,28,29)/t19-/m0/s1. The summed E-state index contributed by atoms with van der Waals surface area (Å²) in [7, 11) is 1.66. The number of fused-ring (bicyclic) bond motifs is 1. The number of hydrogen-bond donors (Lipinski definition) is 1. The Balaban J connectivity index is 1.38. The van der Waals surface area contributed by atoms with Crippen LogP contribution >= 0.6 is 0 Å². The van der Waals surface area contributed by atoms with Crippen molar-refractivity contribution in [1.82, 2.24) is 0 Å². The number of nitrogens with one attached hydrogen (secondary N) is 1. The highest BCUT2D eigenvalue weighted by Crippen LogP contribution is 2.26. The van der Waals surface area contributed by atoms with Crippen molar-refractivity contribution in [3.8, 4) is 11.5 Å². The SMILES string of the molecule is COc1ccc2cc([C@H](C)C(=O)Nc3ccc(OCc4ccccc4)cc3)ccc2c1. The molecule has 156 valence electrons. The first kappa shape index (κ1) is 20.5. The van der Waals surface area contributed by atoms with E-state index in [1.54, 1.807) is 7.11 Å². The second kappa shape index (κ2) is 9.35. The summed E-state index contributed by atoms with van der Waals surface area (Å²) in [6, 6.07) is 29.5. The fourth-order valence-electron chi connectivity index (χ4n) is 3.42. The largest absolute Gasteiger partial charge is 0.497 e. The van der Waals surface area contributed by atoms with Crippen LogP contribution in [0.15, 0.2) is 91.0 Å². The van der Waals surface area contributed by atoms with Gasteiger partial charge in [0.1, 0.15) is 18.1 Å². The highest BCUT2D eigenvalue weighted by Gasteiger charge is 2.16. The normalized spacial score (nSPS) is 11.7. The molecular formula is C27H25NO3. The van der Waals surface area contributed by atoms with Gasteiger partial charge in [0.2, 0.25) is 5.91 Å². The molecule has 0 radical (unpaired) electrons. The van der Waals surface area contributed by atoms with Crippen molar-refractivity contribution in [2.75, 3.05) is 12.4 Å². The number of carbonyl (C=O) groups is 1. The minimum Gasteiger partial charge on any atom is -0.497 e. The molecule has 0 heterocycles. The van der Waals surface area contributed by atoms with Crippen molar-refractivity contribution in [3.63, 3.8) is 0 Å². The van der Waals surface area contributed by atoms with Crippen LogP contribution in [0.25, 0.3) is 10.8 Å². The molecule has 1 amide bonds. The van der Waals surface area contributed by atoms with Crippen molar-refractivity contribution >= 4 is 22.4 Å². The molecule has 1 N–H and O–H groups in total. The number of benzene rings is 4. The maximum absolute atomic E-state index is 12.8. The zero-order valence-electron chi connectivity index (χ0n) is 17.7. The first-order chi connectivity index (χ1) is 15.1. The number of hydrogen-bond acceptors (Lipinski definition) is 3. The zero-order valence-corrected chi connectivity index (χ0v) is 17.7. The summed E-state index contributed by atoms with van der Waals surface area (Å²) < 4.78 is 11.1. The first-order valence-corrected chi connectivity index (χ1v) is 10.3. The van der Waals surface area contributed by atoms with Crippen LogP contribution in [-0.2, 0) is 11.4 Å². The smallest absolute Gasteiger partial charge is 0.231 e. The summed E-state index contributed by atoms with van der Waals surface area (Å²) in [4.78, 5) is 12.8. The lowest BCUT2D eigenvalue weighted by molar-refractivity contribution is -0.117. The molecular weight excluding hydrogens is 386 g/mol. The average Bonchev–Trinajstić information content (AvgIpc) is 2.83. The van der Waals surface area contributed by atoms with Crippen LogP contribution in [0.2, 0.25) is 0 Å². The molecule has 4 rings (SSSR count). The molecule has 0 aromatic heterocycles. The third-order valence-electron chi connectivity index (χ3n) is 5.33. The van der Waals surface area contributed by atoms with Gasteiger partial charge < -0.3 is 14.8 Å². The molecule has 1 atom stereocenters. The fraction of sp³-hybridized carbons (Fsp3) is 0.148. The van der Waals surface area contributed by atoms with Crippen LogP contribution in [0.4, 0.5) is 5.69 Å². The molecule has 0 aliphatic heterocycles. The monoisotopic (exact) mass is 411 g/mol.